The van der Waals surface area contributed by atoms with Crippen LogP contribution in [0, 0.1) is 0 Å². The quantitative estimate of drug-likeness (QED) is 0.408. The second-order valence-corrected chi connectivity index (χ2v) is 11.4. The Kier molecular flexibility index (Phi) is 6.87. The number of fused-ring (bicyclic) bond motifs is 2. The number of amides is 2. The summed E-state index contributed by atoms with van der Waals surface area (Å²) < 4.78 is 5.42. The largest absolute Gasteiger partial charge is 0.465 e. The molecule has 2 aliphatic heterocycles. The SMILES string of the molecule is CC(C)(C)OC(=O)N1CC(C)(C)c2cnc(C=O)cc21.CC1(C)CN(C(=O)O)c2cc(Cl)ncc21. The zero-order chi connectivity index (χ0) is 26.3. The summed E-state index contributed by atoms with van der Waals surface area (Å²) in [6.07, 6.45) is 2.65. The normalized spacial score (nSPS) is 17.1. The van der Waals surface area contributed by atoms with E-state index in [2.05, 4.69) is 9.97 Å². The number of aromatic nitrogens is 2. The van der Waals surface area contributed by atoms with Gasteiger partial charge in [0.1, 0.15) is 16.4 Å². The molecule has 0 fully saturated rings. The fourth-order valence-corrected chi connectivity index (χ4v) is 4.37. The van der Waals surface area contributed by atoms with Crippen LogP contribution >= 0.6 is 11.6 Å². The molecule has 188 valence electrons. The minimum atomic E-state index is -0.955. The lowest BCUT2D eigenvalue weighted by Crippen LogP contribution is -2.38. The topological polar surface area (TPSA) is 113 Å². The van der Waals surface area contributed by atoms with Gasteiger partial charge in [-0.1, -0.05) is 39.3 Å². The molecule has 9 nitrogen and oxygen atoms in total. The summed E-state index contributed by atoms with van der Waals surface area (Å²) in [5.74, 6) is 0. The maximum absolute atomic E-state index is 12.3. The first-order chi connectivity index (χ1) is 16.1. The maximum Gasteiger partial charge on any atom is 0.414 e. The summed E-state index contributed by atoms with van der Waals surface area (Å²) in [6.45, 7) is 14.5. The average Bonchev–Trinajstić information content (AvgIpc) is 3.16. The van der Waals surface area contributed by atoms with Gasteiger partial charge in [0.05, 0.1) is 11.4 Å². The van der Waals surface area contributed by atoms with E-state index in [0.29, 0.717) is 41.6 Å². The van der Waals surface area contributed by atoms with Gasteiger partial charge in [0, 0.05) is 47.4 Å². The molecule has 10 heteroatoms. The van der Waals surface area contributed by atoms with Gasteiger partial charge in [0.15, 0.2) is 6.29 Å². The first kappa shape index (κ1) is 26.4. The Balaban J connectivity index is 0.000000203. The Bertz CT molecular complexity index is 1170. The van der Waals surface area contributed by atoms with Gasteiger partial charge < -0.3 is 9.84 Å². The van der Waals surface area contributed by atoms with Crippen LogP contribution in [0.4, 0.5) is 21.0 Å². The van der Waals surface area contributed by atoms with E-state index in [1.807, 2.05) is 48.5 Å². The Hall–Kier alpha value is -3.20. The summed E-state index contributed by atoms with van der Waals surface area (Å²) >= 11 is 5.76. The standard InChI is InChI=1S/C15H20N2O3.C10H11ClN2O2/c1-14(2,3)20-13(19)17-9-15(4,5)11-7-16-10(8-18)6-12(11)17;1-10(2)5-13(9(14)15)7-3-8(11)12-4-6(7)10/h6-8H,9H2,1-5H3;3-4H,5H2,1-2H3,(H,14,15). The number of anilines is 2. The van der Waals surface area contributed by atoms with Gasteiger partial charge in [0.2, 0.25) is 0 Å². The predicted octanol–water partition coefficient (Wildman–Crippen LogP) is 5.44. The van der Waals surface area contributed by atoms with Crippen LogP contribution in [0.3, 0.4) is 0 Å². The van der Waals surface area contributed by atoms with E-state index in [4.69, 9.17) is 21.4 Å². The fraction of sp³-hybridized carbons (Fsp3) is 0.480. The summed E-state index contributed by atoms with van der Waals surface area (Å²) in [5.41, 5.74) is 2.59. The zero-order valence-corrected chi connectivity index (χ0v) is 21.8. The van der Waals surface area contributed by atoms with Crippen molar-refractivity contribution >= 4 is 41.4 Å². The summed E-state index contributed by atoms with van der Waals surface area (Å²) in [4.78, 5) is 45.2. The molecular weight excluding hydrogens is 472 g/mol. The molecule has 1 N–H and O–H groups in total. The molecule has 0 saturated heterocycles. The van der Waals surface area contributed by atoms with Crippen LogP contribution in [0.25, 0.3) is 0 Å². The van der Waals surface area contributed by atoms with Gasteiger partial charge >= 0.3 is 12.2 Å². The van der Waals surface area contributed by atoms with Crippen molar-refractivity contribution < 1.29 is 24.2 Å². The van der Waals surface area contributed by atoms with Crippen LogP contribution in [0.2, 0.25) is 5.15 Å². The number of nitrogens with zero attached hydrogens (tertiary/aromatic N) is 4. The molecule has 2 aliphatic rings. The Labute approximate surface area is 210 Å². The number of carboxylic acid groups (broad SMARTS) is 1. The summed E-state index contributed by atoms with van der Waals surface area (Å²) in [7, 11) is 0. The third-order valence-corrected chi connectivity index (χ3v) is 6.07. The van der Waals surface area contributed by atoms with Crippen LogP contribution in [-0.2, 0) is 15.6 Å². The maximum atomic E-state index is 12.3. The van der Waals surface area contributed by atoms with Gasteiger partial charge in [-0.15, -0.1) is 0 Å². The number of carbonyl (C=O) groups is 3. The fourth-order valence-electron chi connectivity index (χ4n) is 4.22. The highest BCUT2D eigenvalue weighted by molar-refractivity contribution is 6.29. The lowest BCUT2D eigenvalue weighted by Gasteiger charge is -2.25. The van der Waals surface area contributed by atoms with Gasteiger partial charge in [-0.2, -0.15) is 0 Å². The number of halogens is 1. The molecule has 4 rings (SSSR count). The second kappa shape index (κ2) is 9.11. The van der Waals surface area contributed by atoms with Crippen LogP contribution in [0.5, 0.6) is 0 Å². The van der Waals surface area contributed by atoms with Crippen molar-refractivity contribution in [2.45, 2.75) is 64.9 Å². The predicted molar refractivity (Wildman–Crippen MR) is 134 cm³/mol. The molecule has 0 radical (unpaired) electrons. The number of carbonyl (C=O) groups excluding carboxylic acids is 2. The Morgan fingerprint density at radius 3 is 2.03 bits per heavy atom. The Morgan fingerprint density at radius 2 is 1.51 bits per heavy atom. The molecule has 2 aromatic heterocycles. The number of hydrogen-bond acceptors (Lipinski definition) is 6. The van der Waals surface area contributed by atoms with E-state index in [1.54, 1.807) is 29.4 Å². The van der Waals surface area contributed by atoms with Crippen molar-refractivity contribution in [3.8, 4) is 0 Å². The summed E-state index contributed by atoms with van der Waals surface area (Å²) in [6, 6.07) is 3.24. The van der Waals surface area contributed by atoms with Crippen molar-refractivity contribution in [1.82, 2.24) is 9.97 Å². The molecule has 0 aromatic carbocycles. The van der Waals surface area contributed by atoms with Crippen molar-refractivity contribution in [2.24, 2.45) is 0 Å². The number of aldehydes is 1. The van der Waals surface area contributed by atoms with E-state index in [9.17, 15) is 14.4 Å². The molecule has 0 spiro atoms. The van der Waals surface area contributed by atoms with Gasteiger partial charge in [-0.05, 0) is 32.9 Å². The molecular formula is C25H31ClN4O5. The molecule has 0 atom stereocenters. The number of pyridine rings is 2. The smallest absolute Gasteiger partial charge is 0.414 e. The van der Waals surface area contributed by atoms with E-state index < -0.39 is 17.8 Å². The zero-order valence-electron chi connectivity index (χ0n) is 21.0. The lowest BCUT2D eigenvalue weighted by atomic mass is 9.88. The number of hydrogen-bond donors (Lipinski definition) is 1. The lowest BCUT2D eigenvalue weighted by molar-refractivity contribution is 0.0579. The third-order valence-electron chi connectivity index (χ3n) is 5.86. The highest BCUT2D eigenvalue weighted by Gasteiger charge is 2.40. The van der Waals surface area contributed by atoms with Gasteiger partial charge in [0.25, 0.3) is 0 Å². The molecule has 0 unspecified atom stereocenters. The van der Waals surface area contributed by atoms with E-state index in [0.717, 1.165) is 11.1 Å². The first-order valence-corrected chi connectivity index (χ1v) is 11.6. The van der Waals surface area contributed by atoms with Crippen molar-refractivity contribution in [1.29, 1.82) is 0 Å². The molecule has 2 aromatic rings. The highest BCUT2D eigenvalue weighted by atomic mass is 35.5. The van der Waals surface area contributed by atoms with E-state index in [1.165, 1.54) is 4.90 Å². The van der Waals surface area contributed by atoms with Gasteiger partial charge in [-0.25, -0.2) is 14.6 Å². The van der Waals surface area contributed by atoms with Gasteiger partial charge in [-0.3, -0.25) is 19.6 Å². The second-order valence-electron chi connectivity index (χ2n) is 11.0. The van der Waals surface area contributed by atoms with Crippen LogP contribution in [0.15, 0.2) is 24.5 Å². The molecule has 35 heavy (non-hydrogen) atoms. The van der Waals surface area contributed by atoms with Crippen LogP contribution in [0.1, 0.15) is 70.1 Å². The van der Waals surface area contributed by atoms with Crippen molar-refractivity contribution in [3.05, 3.63) is 46.5 Å². The third kappa shape index (κ3) is 5.56. The molecule has 0 saturated carbocycles. The number of rotatable bonds is 1. The first-order valence-electron chi connectivity index (χ1n) is 11.2. The molecule has 2 amide bonds. The number of ether oxygens (including phenoxy) is 1. The van der Waals surface area contributed by atoms with Crippen LogP contribution < -0.4 is 9.80 Å². The Morgan fingerprint density at radius 1 is 1.00 bits per heavy atom. The minimum absolute atomic E-state index is 0.203. The van der Waals surface area contributed by atoms with Crippen molar-refractivity contribution in [2.75, 3.05) is 22.9 Å². The van der Waals surface area contributed by atoms with E-state index >= 15 is 0 Å². The summed E-state index contributed by atoms with van der Waals surface area (Å²) in [5, 5.41) is 9.36. The van der Waals surface area contributed by atoms with Crippen molar-refractivity contribution in [3.63, 3.8) is 0 Å². The van der Waals surface area contributed by atoms with E-state index in [-0.39, 0.29) is 10.8 Å². The monoisotopic (exact) mass is 502 g/mol. The highest BCUT2D eigenvalue weighted by Crippen LogP contribution is 2.41. The molecule has 0 bridgehead atoms. The minimum Gasteiger partial charge on any atom is -0.465 e. The molecule has 0 aliphatic carbocycles. The van der Waals surface area contributed by atoms with Crippen LogP contribution in [-0.4, -0.2) is 52.2 Å². The average molecular weight is 503 g/mol. The molecule has 4 heterocycles.